The van der Waals surface area contributed by atoms with Crippen molar-refractivity contribution in [1.82, 2.24) is 9.71 Å². The molecule has 3 rings (SSSR count). The zero-order valence-corrected chi connectivity index (χ0v) is 20.2. The molecule has 1 saturated heterocycles. The number of rotatable bonds is 7. The van der Waals surface area contributed by atoms with Crippen molar-refractivity contribution < 1.29 is 23.1 Å². The van der Waals surface area contributed by atoms with E-state index in [2.05, 4.69) is 9.71 Å². The number of carboxylic acids is 1. The molecule has 0 aliphatic carbocycles. The number of amides is 1. The predicted octanol–water partition coefficient (Wildman–Crippen LogP) is 2.51. The molecule has 0 saturated carbocycles. The molecule has 0 atom stereocenters. The quantitative estimate of drug-likeness (QED) is 0.587. The Bertz CT molecular complexity index is 1320. The lowest BCUT2D eigenvalue weighted by atomic mass is 9.90. The monoisotopic (exact) mass is 495 g/mol. The lowest BCUT2D eigenvalue weighted by Gasteiger charge is -2.33. The topological polar surface area (TPSA) is 164 Å². The summed E-state index contributed by atoms with van der Waals surface area (Å²) in [5.74, 6) is -2.92. The summed E-state index contributed by atoms with van der Waals surface area (Å²) in [4.78, 5) is 30.4. The number of carbonyl (C=O) groups is 2. The van der Waals surface area contributed by atoms with Crippen LogP contribution in [-0.2, 0) is 20.6 Å². The second-order valence-electron chi connectivity index (χ2n) is 8.60. The molecule has 1 aromatic heterocycles. The van der Waals surface area contributed by atoms with Crippen LogP contribution in [0.25, 0.3) is 0 Å². The Morgan fingerprint density at radius 3 is 2.31 bits per heavy atom. The van der Waals surface area contributed by atoms with E-state index in [1.54, 1.807) is 49.1 Å². The maximum absolute atomic E-state index is 12.6. The molecule has 0 radical (unpaired) electrons. The Morgan fingerprint density at radius 1 is 1.17 bits per heavy atom. The van der Waals surface area contributed by atoms with Crippen molar-refractivity contribution in [2.45, 2.75) is 38.4 Å². The molecule has 1 aliphatic rings. The van der Waals surface area contributed by atoms with Gasteiger partial charge in [-0.3, -0.25) is 9.52 Å². The van der Waals surface area contributed by atoms with E-state index in [1.165, 1.54) is 0 Å². The second kappa shape index (κ2) is 10.5. The number of nitrogens with zero attached hydrogens (tertiary/aromatic N) is 4. The summed E-state index contributed by atoms with van der Waals surface area (Å²) in [6, 6.07) is 12.4. The van der Waals surface area contributed by atoms with Crippen LogP contribution in [0.5, 0.6) is 0 Å². The molecular weight excluding hydrogens is 470 g/mol. The SMILES string of the molecule is CC(C)c1c(C#N)c(N2CCC(C(=O)NS(=O)(=O)Cc3ccccc3)CC2)nc(C#N)c1C(=O)O. The lowest BCUT2D eigenvalue weighted by molar-refractivity contribution is -0.123. The fraction of sp³-hybridized carbons (Fsp3) is 0.375. The lowest BCUT2D eigenvalue weighted by Crippen LogP contribution is -2.43. The van der Waals surface area contributed by atoms with Crippen molar-refractivity contribution in [2.24, 2.45) is 5.92 Å². The van der Waals surface area contributed by atoms with E-state index in [-0.39, 0.29) is 53.0 Å². The maximum atomic E-state index is 12.6. The molecule has 35 heavy (non-hydrogen) atoms. The summed E-state index contributed by atoms with van der Waals surface area (Å²) in [6.45, 7) is 4.04. The molecule has 182 valence electrons. The number of pyridine rings is 1. The van der Waals surface area contributed by atoms with Crippen LogP contribution in [0, 0.1) is 28.6 Å². The van der Waals surface area contributed by atoms with Crippen molar-refractivity contribution in [3.8, 4) is 12.1 Å². The summed E-state index contributed by atoms with van der Waals surface area (Å²) < 4.78 is 27.0. The number of hydrogen-bond donors (Lipinski definition) is 2. The maximum Gasteiger partial charge on any atom is 0.339 e. The van der Waals surface area contributed by atoms with Gasteiger partial charge >= 0.3 is 5.97 Å². The smallest absolute Gasteiger partial charge is 0.339 e. The summed E-state index contributed by atoms with van der Waals surface area (Å²) >= 11 is 0. The van der Waals surface area contributed by atoms with Crippen LogP contribution in [0.4, 0.5) is 5.82 Å². The number of benzene rings is 1. The third-order valence-electron chi connectivity index (χ3n) is 5.85. The average Bonchev–Trinajstić information content (AvgIpc) is 2.82. The van der Waals surface area contributed by atoms with Gasteiger partial charge in [0.05, 0.1) is 11.3 Å². The van der Waals surface area contributed by atoms with Crippen molar-refractivity contribution in [3.05, 3.63) is 58.3 Å². The van der Waals surface area contributed by atoms with Crippen LogP contribution in [0.15, 0.2) is 30.3 Å². The average molecular weight is 496 g/mol. The number of aromatic nitrogens is 1. The molecule has 2 N–H and O–H groups in total. The first-order valence-electron chi connectivity index (χ1n) is 11.0. The van der Waals surface area contributed by atoms with Crippen LogP contribution < -0.4 is 9.62 Å². The highest BCUT2D eigenvalue weighted by molar-refractivity contribution is 7.89. The number of piperidine rings is 1. The largest absolute Gasteiger partial charge is 0.478 e. The molecule has 2 heterocycles. The van der Waals surface area contributed by atoms with Gasteiger partial charge in [0.25, 0.3) is 0 Å². The Labute approximate surface area is 203 Å². The van der Waals surface area contributed by atoms with Crippen molar-refractivity contribution in [2.75, 3.05) is 18.0 Å². The number of aromatic carboxylic acids is 1. The third kappa shape index (κ3) is 5.76. The molecule has 1 amide bonds. The molecule has 10 nitrogen and oxygen atoms in total. The van der Waals surface area contributed by atoms with Crippen molar-refractivity contribution >= 4 is 27.7 Å². The Morgan fingerprint density at radius 2 is 1.80 bits per heavy atom. The van der Waals surface area contributed by atoms with E-state index < -0.39 is 27.8 Å². The number of carboxylic acid groups (broad SMARTS) is 1. The minimum Gasteiger partial charge on any atom is -0.478 e. The van der Waals surface area contributed by atoms with Crippen LogP contribution in [0.1, 0.15) is 65.3 Å². The van der Waals surface area contributed by atoms with Gasteiger partial charge < -0.3 is 10.0 Å². The van der Waals surface area contributed by atoms with Crippen LogP contribution >= 0.6 is 0 Å². The number of nitriles is 2. The molecular formula is C24H25N5O5S. The van der Waals surface area contributed by atoms with E-state index in [0.29, 0.717) is 18.4 Å². The molecule has 1 aromatic carbocycles. The second-order valence-corrected chi connectivity index (χ2v) is 10.3. The minimum absolute atomic E-state index is 0.0877. The molecule has 1 fully saturated rings. The summed E-state index contributed by atoms with van der Waals surface area (Å²) in [5.41, 5.74) is 0.345. The van der Waals surface area contributed by atoms with Crippen LogP contribution in [0.3, 0.4) is 0 Å². The van der Waals surface area contributed by atoms with Gasteiger partial charge in [-0.1, -0.05) is 44.2 Å². The zero-order valence-electron chi connectivity index (χ0n) is 19.4. The molecule has 1 aliphatic heterocycles. The summed E-state index contributed by atoms with van der Waals surface area (Å²) in [5, 5.41) is 28.9. The van der Waals surface area contributed by atoms with Gasteiger partial charge in [-0.25, -0.2) is 18.2 Å². The van der Waals surface area contributed by atoms with Gasteiger partial charge in [-0.15, -0.1) is 0 Å². The fourth-order valence-electron chi connectivity index (χ4n) is 4.22. The molecule has 2 aromatic rings. The van der Waals surface area contributed by atoms with E-state index in [0.717, 1.165) is 0 Å². The van der Waals surface area contributed by atoms with Crippen LogP contribution in [0.2, 0.25) is 0 Å². The summed E-state index contributed by atoms with van der Waals surface area (Å²) in [6.07, 6.45) is 0.609. The number of hydrogen-bond acceptors (Lipinski definition) is 8. The van der Waals surface area contributed by atoms with E-state index in [9.17, 15) is 33.6 Å². The normalized spacial score (nSPS) is 14.3. The van der Waals surface area contributed by atoms with E-state index in [4.69, 9.17) is 0 Å². The van der Waals surface area contributed by atoms with Gasteiger partial charge in [-0.05, 0) is 29.9 Å². The van der Waals surface area contributed by atoms with E-state index in [1.807, 2.05) is 12.1 Å². The number of nitrogens with one attached hydrogen (secondary N) is 1. The molecule has 0 bridgehead atoms. The molecule has 0 unspecified atom stereocenters. The molecule has 11 heteroatoms. The minimum atomic E-state index is -3.86. The van der Waals surface area contributed by atoms with Gasteiger partial charge in [0, 0.05) is 19.0 Å². The summed E-state index contributed by atoms with van der Waals surface area (Å²) in [7, 11) is -3.86. The Hall–Kier alpha value is -3.96. The first-order chi connectivity index (χ1) is 16.6. The van der Waals surface area contributed by atoms with Gasteiger partial charge in [0.15, 0.2) is 5.69 Å². The molecule has 0 spiro atoms. The van der Waals surface area contributed by atoms with Crippen LogP contribution in [-0.4, -0.2) is 43.5 Å². The number of sulfonamides is 1. The Kier molecular flexibility index (Phi) is 7.72. The number of carbonyl (C=O) groups excluding carboxylic acids is 1. The highest BCUT2D eigenvalue weighted by atomic mass is 32.2. The highest BCUT2D eigenvalue weighted by Gasteiger charge is 2.32. The van der Waals surface area contributed by atoms with Gasteiger partial charge in [0.1, 0.15) is 23.5 Å². The standard InChI is InChI=1S/C24H25N5O5S/c1-15(2)20-18(12-25)22(27-19(13-26)21(20)24(31)32)29-10-8-17(9-11-29)23(30)28-35(33,34)14-16-6-4-3-5-7-16/h3-7,15,17H,8-11,14H2,1-2H3,(H,28,30)(H,31,32). The van der Waals surface area contributed by atoms with Crippen molar-refractivity contribution in [1.29, 1.82) is 10.5 Å². The first-order valence-corrected chi connectivity index (χ1v) is 12.7. The van der Waals surface area contributed by atoms with Gasteiger partial charge in [-0.2, -0.15) is 10.5 Å². The van der Waals surface area contributed by atoms with Gasteiger partial charge in [0.2, 0.25) is 15.9 Å². The zero-order chi connectivity index (χ0) is 25.8. The Balaban J connectivity index is 1.78. The predicted molar refractivity (Wildman–Crippen MR) is 127 cm³/mol. The first kappa shape index (κ1) is 25.7. The third-order valence-corrected chi connectivity index (χ3v) is 7.07. The number of anilines is 1. The highest BCUT2D eigenvalue weighted by Crippen LogP contribution is 2.33. The van der Waals surface area contributed by atoms with Crippen molar-refractivity contribution in [3.63, 3.8) is 0 Å². The fourth-order valence-corrected chi connectivity index (χ4v) is 5.40. The van der Waals surface area contributed by atoms with E-state index >= 15 is 0 Å².